The van der Waals surface area contributed by atoms with E-state index in [2.05, 4.69) is 44.2 Å². The number of aliphatic hydroxyl groups excluding tert-OH is 1. The van der Waals surface area contributed by atoms with Crippen LogP contribution in [0.15, 0.2) is 48.5 Å². The zero-order valence-corrected chi connectivity index (χ0v) is 21.1. The van der Waals surface area contributed by atoms with Crippen molar-refractivity contribution in [1.82, 2.24) is 0 Å². The van der Waals surface area contributed by atoms with Crippen molar-refractivity contribution in [3.05, 3.63) is 81.9 Å². The van der Waals surface area contributed by atoms with Crippen LogP contribution in [0, 0.1) is 6.92 Å². The minimum Gasteiger partial charge on any atom is -0.507 e. The van der Waals surface area contributed by atoms with Crippen molar-refractivity contribution in [3.63, 3.8) is 0 Å². The van der Waals surface area contributed by atoms with Crippen molar-refractivity contribution in [3.8, 4) is 22.6 Å². The van der Waals surface area contributed by atoms with Crippen molar-refractivity contribution in [2.24, 2.45) is 0 Å². The normalized spacial score (nSPS) is 11.6. The van der Waals surface area contributed by atoms with Crippen LogP contribution in [0.3, 0.4) is 0 Å². The van der Waals surface area contributed by atoms with Gasteiger partial charge >= 0.3 is 0 Å². The molecule has 3 rings (SSSR count). The fourth-order valence-electron chi connectivity index (χ4n) is 4.61. The Morgan fingerprint density at radius 2 is 1.50 bits per heavy atom. The fraction of sp³-hybridized carbons (Fsp3) is 0.400. The third kappa shape index (κ3) is 5.29. The SMILES string of the molecule is CCc1cc(C(O)(CC)CC)ccc1-c1cc(OCc2cc(C)c(O)c(CO)c2)ccc1CC. The van der Waals surface area contributed by atoms with Gasteiger partial charge in [0.05, 0.1) is 12.2 Å². The molecule has 0 aromatic heterocycles. The van der Waals surface area contributed by atoms with Gasteiger partial charge in [0.2, 0.25) is 0 Å². The molecule has 4 nitrogen and oxygen atoms in total. The number of benzene rings is 3. The number of phenols is 1. The van der Waals surface area contributed by atoms with Gasteiger partial charge in [-0.25, -0.2) is 0 Å². The average Bonchev–Trinajstić information content (AvgIpc) is 2.88. The van der Waals surface area contributed by atoms with E-state index in [9.17, 15) is 15.3 Å². The Balaban J connectivity index is 1.95. The first kappa shape index (κ1) is 25.8. The summed E-state index contributed by atoms with van der Waals surface area (Å²) in [7, 11) is 0. The summed E-state index contributed by atoms with van der Waals surface area (Å²) >= 11 is 0. The summed E-state index contributed by atoms with van der Waals surface area (Å²) in [4.78, 5) is 0. The van der Waals surface area contributed by atoms with Gasteiger partial charge in [-0.05, 0) is 95.8 Å². The highest BCUT2D eigenvalue weighted by molar-refractivity contribution is 5.73. The summed E-state index contributed by atoms with van der Waals surface area (Å²) in [6, 6.07) is 16.2. The summed E-state index contributed by atoms with van der Waals surface area (Å²) in [6.07, 6.45) is 3.15. The van der Waals surface area contributed by atoms with E-state index < -0.39 is 5.60 Å². The first-order chi connectivity index (χ1) is 16.3. The molecule has 0 heterocycles. The molecule has 0 saturated carbocycles. The molecule has 34 heavy (non-hydrogen) atoms. The van der Waals surface area contributed by atoms with Crippen molar-refractivity contribution in [1.29, 1.82) is 0 Å². The fourth-order valence-corrected chi connectivity index (χ4v) is 4.61. The van der Waals surface area contributed by atoms with E-state index in [1.54, 1.807) is 6.07 Å². The molecular weight excluding hydrogens is 424 g/mol. The number of aromatic hydroxyl groups is 1. The highest BCUT2D eigenvalue weighted by Crippen LogP contribution is 2.36. The predicted octanol–water partition coefficient (Wildman–Crippen LogP) is 6.57. The van der Waals surface area contributed by atoms with Crippen molar-refractivity contribution in [2.75, 3.05) is 0 Å². The van der Waals surface area contributed by atoms with Crippen molar-refractivity contribution >= 4 is 0 Å². The van der Waals surface area contributed by atoms with E-state index in [1.165, 1.54) is 16.7 Å². The van der Waals surface area contributed by atoms with Gasteiger partial charge in [-0.1, -0.05) is 52.0 Å². The maximum atomic E-state index is 11.0. The first-order valence-corrected chi connectivity index (χ1v) is 12.3. The van der Waals surface area contributed by atoms with E-state index in [0.717, 1.165) is 40.8 Å². The highest BCUT2D eigenvalue weighted by Gasteiger charge is 2.25. The van der Waals surface area contributed by atoms with Crippen LogP contribution in [0.5, 0.6) is 11.5 Å². The van der Waals surface area contributed by atoms with Gasteiger partial charge in [0.1, 0.15) is 18.1 Å². The van der Waals surface area contributed by atoms with Crippen LogP contribution in [-0.2, 0) is 31.7 Å². The van der Waals surface area contributed by atoms with Crippen LogP contribution in [0.4, 0.5) is 0 Å². The molecule has 3 N–H and O–H groups in total. The Labute approximate surface area is 203 Å². The third-order valence-corrected chi connectivity index (χ3v) is 6.96. The zero-order chi connectivity index (χ0) is 24.9. The van der Waals surface area contributed by atoms with Crippen LogP contribution in [0.1, 0.15) is 73.9 Å². The molecule has 0 aliphatic heterocycles. The molecule has 3 aromatic carbocycles. The second-order valence-electron chi connectivity index (χ2n) is 9.00. The molecule has 0 atom stereocenters. The number of hydrogen-bond donors (Lipinski definition) is 3. The molecule has 3 aromatic rings. The van der Waals surface area contributed by atoms with Gasteiger partial charge in [0.25, 0.3) is 0 Å². The van der Waals surface area contributed by atoms with E-state index >= 15 is 0 Å². The van der Waals surface area contributed by atoms with Crippen molar-refractivity contribution in [2.45, 2.75) is 79.1 Å². The molecule has 0 aliphatic carbocycles. The van der Waals surface area contributed by atoms with Crippen LogP contribution in [-0.4, -0.2) is 15.3 Å². The number of hydrogen-bond acceptors (Lipinski definition) is 4. The Morgan fingerprint density at radius 1 is 0.794 bits per heavy atom. The Morgan fingerprint density at radius 3 is 2.12 bits per heavy atom. The lowest BCUT2D eigenvalue weighted by Gasteiger charge is -2.27. The van der Waals surface area contributed by atoms with Gasteiger partial charge in [0, 0.05) is 5.56 Å². The summed E-state index contributed by atoms with van der Waals surface area (Å²) in [6.45, 7) is 10.3. The van der Waals surface area contributed by atoms with Gasteiger partial charge in [0.15, 0.2) is 0 Å². The Hall–Kier alpha value is -2.82. The molecule has 0 unspecified atom stereocenters. The van der Waals surface area contributed by atoms with Crippen LogP contribution >= 0.6 is 0 Å². The lowest BCUT2D eigenvalue weighted by Crippen LogP contribution is -2.23. The van der Waals surface area contributed by atoms with E-state index in [0.29, 0.717) is 25.0 Å². The minimum atomic E-state index is -0.795. The lowest BCUT2D eigenvalue weighted by molar-refractivity contribution is 0.0283. The zero-order valence-electron chi connectivity index (χ0n) is 21.1. The summed E-state index contributed by atoms with van der Waals surface area (Å²) < 4.78 is 6.13. The van der Waals surface area contributed by atoms with Gasteiger partial charge in [-0.3, -0.25) is 0 Å². The predicted molar refractivity (Wildman–Crippen MR) is 138 cm³/mol. The molecule has 0 amide bonds. The number of aryl methyl sites for hydroxylation is 3. The van der Waals surface area contributed by atoms with Gasteiger partial charge < -0.3 is 20.1 Å². The minimum absolute atomic E-state index is 0.134. The largest absolute Gasteiger partial charge is 0.507 e. The van der Waals surface area contributed by atoms with Crippen LogP contribution < -0.4 is 4.74 Å². The topological polar surface area (TPSA) is 69.9 Å². The second-order valence-corrected chi connectivity index (χ2v) is 9.00. The molecule has 0 bridgehead atoms. The molecule has 0 spiro atoms. The van der Waals surface area contributed by atoms with E-state index in [-0.39, 0.29) is 12.4 Å². The molecule has 4 heteroatoms. The average molecular weight is 463 g/mol. The molecular formula is C30H38O4. The standard InChI is InChI=1S/C30H38O4/c1-6-22-10-12-26(34-19-21-14-20(5)29(32)24(15-21)18-31)17-28(22)27-13-11-25(16-23(27)7-2)30(33,8-3)9-4/h10-17,31-33H,6-9,18-19H2,1-5H3. The van der Waals surface area contributed by atoms with E-state index in [1.807, 2.05) is 32.9 Å². The summed E-state index contributed by atoms with van der Waals surface area (Å²) in [5, 5.41) is 30.6. The molecule has 0 radical (unpaired) electrons. The van der Waals surface area contributed by atoms with Crippen LogP contribution in [0.2, 0.25) is 0 Å². The summed E-state index contributed by atoms with van der Waals surface area (Å²) in [5.74, 6) is 0.905. The maximum Gasteiger partial charge on any atom is 0.124 e. The quantitative estimate of drug-likeness (QED) is 0.319. The molecule has 182 valence electrons. The van der Waals surface area contributed by atoms with Crippen molar-refractivity contribution < 1.29 is 20.1 Å². The monoisotopic (exact) mass is 462 g/mol. The molecule has 0 aliphatic rings. The third-order valence-electron chi connectivity index (χ3n) is 6.96. The number of aliphatic hydroxyl groups is 2. The Kier molecular flexibility index (Phi) is 8.40. The van der Waals surface area contributed by atoms with Crippen LogP contribution in [0.25, 0.3) is 11.1 Å². The highest BCUT2D eigenvalue weighted by atomic mass is 16.5. The van der Waals surface area contributed by atoms with Gasteiger partial charge in [-0.15, -0.1) is 0 Å². The molecule has 0 saturated heterocycles. The smallest absolute Gasteiger partial charge is 0.124 e. The number of ether oxygens (including phenoxy) is 1. The maximum absolute atomic E-state index is 11.0. The Bertz CT molecular complexity index is 1130. The molecule has 0 fully saturated rings. The van der Waals surface area contributed by atoms with Gasteiger partial charge in [-0.2, -0.15) is 0 Å². The summed E-state index contributed by atoms with van der Waals surface area (Å²) in [5.41, 5.74) is 7.10. The van der Waals surface area contributed by atoms with E-state index in [4.69, 9.17) is 4.74 Å². The second kappa shape index (κ2) is 11.1. The number of rotatable bonds is 10. The lowest BCUT2D eigenvalue weighted by atomic mass is 9.84. The first-order valence-electron chi connectivity index (χ1n) is 12.3.